The van der Waals surface area contributed by atoms with Crippen LogP contribution >= 0.6 is 12.4 Å². The highest BCUT2D eigenvalue weighted by molar-refractivity contribution is 5.85. The molecule has 0 spiro atoms. The third-order valence-corrected chi connectivity index (χ3v) is 2.45. The average molecular weight is 178 g/mol. The smallest absolute Gasteiger partial charge is 0.133 e. The molecule has 11 heavy (non-hydrogen) atoms. The highest BCUT2D eigenvalue weighted by atomic mass is 35.5. The van der Waals surface area contributed by atoms with Crippen LogP contribution in [0.3, 0.4) is 0 Å². The minimum absolute atomic E-state index is 0. The van der Waals surface area contributed by atoms with Gasteiger partial charge in [-0.15, -0.1) is 12.4 Å². The highest BCUT2D eigenvalue weighted by Crippen LogP contribution is 2.26. The standard InChI is InChI=1S/C8H15NO.ClH/c1-6-4-8(10)3-2-7(6)5-9;/h6-7H,2-5,9H2,1H3;1H/t6-,7-;/m1./s1. The zero-order chi connectivity index (χ0) is 7.56. The Bertz CT molecular complexity index is 138. The van der Waals surface area contributed by atoms with Crippen LogP contribution in [0.1, 0.15) is 26.2 Å². The van der Waals surface area contributed by atoms with Crippen LogP contribution in [0, 0.1) is 11.8 Å². The van der Waals surface area contributed by atoms with Crippen molar-refractivity contribution >= 4 is 18.2 Å². The predicted molar refractivity (Wildman–Crippen MR) is 47.8 cm³/mol. The fourth-order valence-electron chi connectivity index (χ4n) is 1.61. The second-order valence-corrected chi connectivity index (χ2v) is 3.25. The molecule has 1 aliphatic carbocycles. The second-order valence-electron chi connectivity index (χ2n) is 3.25. The lowest BCUT2D eigenvalue weighted by Gasteiger charge is -2.26. The molecule has 0 amide bonds. The number of hydrogen-bond acceptors (Lipinski definition) is 2. The normalized spacial score (nSPS) is 31.3. The Morgan fingerprint density at radius 1 is 1.64 bits per heavy atom. The second kappa shape index (κ2) is 4.73. The fourth-order valence-corrected chi connectivity index (χ4v) is 1.61. The quantitative estimate of drug-likeness (QED) is 0.658. The average Bonchev–Trinajstić information content (AvgIpc) is 1.88. The van der Waals surface area contributed by atoms with E-state index in [2.05, 4.69) is 6.92 Å². The van der Waals surface area contributed by atoms with E-state index in [0.29, 0.717) is 17.6 Å². The van der Waals surface area contributed by atoms with Gasteiger partial charge in [0.05, 0.1) is 0 Å². The number of rotatable bonds is 1. The molecule has 0 aromatic rings. The minimum atomic E-state index is 0. The van der Waals surface area contributed by atoms with Crippen molar-refractivity contribution in [2.75, 3.05) is 6.54 Å². The van der Waals surface area contributed by atoms with Crippen molar-refractivity contribution in [1.29, 1.82) is 0 Å². The molecule has 0 aromatic heterocycles. The van der Waals surface area contributed by atoms with Gasteiger partial charge in [-0.3, -0.25) is 4.79 Å². The number of halogens is 1. The van der Waals surface area contributed by atoms with Gasteiger partial charge in [0.15, 0.2) is 0 Å². The van der Waals surface area contributed by atoms with Crippen LogP contribution in [-0.2, 0) is 4.79 Å². The van der Waals surface area contributed by atoms with Gasteiger partial charge in [-0.2, -0.15) is 0 Å². The molecule has 2 nitrogen and oxygen atoms in total. The Morgan fingerprint density at radius 3 is 2.73 bits per heavy atom. The zero-order valence-corrected chi connectivity index (χ0v) is 7.69. The van der Waals surface area contributed by atoms with Crippen molar-refractivity contribution in [1.82, 2.24) is 0 Å². The van der Waals surface area contributed by atoms with Crippen molar-refractivity contribution in [3.63, 3.8) is 0 Å². The molecule has 0 heterocycles. The maximum absolute atomic E-state index is 10.9. The van der Waals surface area contributed by atoms with Crippen molar-refractivity contribution in [3.05, 3.63) is 0 Å². The zero-order valence-electron chi connectivity index (χ0n) is 6.88. The Kier molecular flexibility index (Phi) is 4.69. The van der Waals surface area contributed by atoms with Crippen molar-refractivity contribution in [3.8, 4) is 0 Å². The third kappa shape index (κ3) is 2.80. The lowest BCUT2D eigenvalue weighted by Crippen LogP contribution is -2.28. The maximum Gasteiger partial charge on any atom is 0.133 e. The Morgan fingerprint density at radius 2 is 2.27 bits per heavy atom. The molecule has 0 aromatic carbocycles. The molecule has 66 valence electrons. The van der Waals surface area contributed by atoms with Crippen LogP contribution in [0.4, 0.5) is 0 Å². The van der Waals surface area contributed by atoms with Gasteiger partial charge in [0.25, 0.3) is 0 Å². The summed E-state index contributed by atoms with van der Waals surface area (Å²) in [7, 11) is 0. The van der Waals surface area contributed by atoms with E-state index in [4.69, 9.17) is 5.73 Å². The first kappa shape index (κ1) is 10.9. The molecule has 1 aliphatic rings. The molecule has 1 saturated carbocycles. The number of nitrogens with two attached hydrogens (primary N) is 1. The van der Waals surface area contributed by atoms with Crippen molar-refractivity contribution in [2.24, 2.45) is 17.6 Å². The summed E-state index contributed by atoms with van der Waals surface area (Å²) in [5.74, 6) is 1.53. The molecule has 0 aliphatic heterocycles. The highest BCUT2D eigenvalue weighted by Gasteiger charge is 2.24. The first-order chi connectivity index (χ1) is 4.74. The lowest BCUT2D eigenvalue weighted by atomic mass is 9.80. The van der Waals surface area contributed by atoms with Gasteiger partial charge >= 0.3 is 0 Å². The van der Waals surface area contributed by atoms with Crippen LogP contribution in [0.25, 0.3) is 0 Å². The third-order valence-electron chi connectivity index (χ3n) is 2.45. The van der Waals surface area contributed by atoms with Crippen molar-refractivity contribution in [2.45, 2.75) is 26.2 Å². The molecule has 0 unspecified atom stereocenters. The van der Waals surface area contributed by atoms with E-state index in [1.165, 1.54) is 0 Å². The van der Waals surface area contributed by atoms with E-state index in [0.717, 1.165) is 25.8 Å². The topological polar surface area (TPSA) is 43.1 Å². The van der Waals surface area contributed by atoms with E-state index in [9.17, 15) is 4.79 Å². The summed E-state index contributed by atoms with van der Waals surface area (Å²) < 4.78 is 0. The molecule has 1 rings (SSSR count). The SMILES string of the molecule is C[C@@H]1CC(=O)CC[C@@H]1CN.Cl. The minimum Gasteiger partial charge on any atom is -0.330 e. The van der Waals surface area contributed by atoms with Crippen molar-refractivity contribution < 1.29 is 4.79 Å². The molecule has 0 bridgehead atoms. The monoisotopic (exact) mass is 177 g/mol. The molecule has 3 heteroatoms. The van der Waals surface area contributed by atoms with E-state index in [-0.39, 0.29) is 12.4 Å². The first-order valence-corrected chi connectivity index (χ1v) is 3.95. The first-order valence-electron chi connectivity index (χ1n) is 3.95. The van der Waals surface area contributed by atoms with Gasteiger partial charge in [-0.25, -0.2) is 0 Å². The molecular formula is C8H16ClNO. The Balaban J connectivity index is 0.000001000. The molecule has 2 N–H and O–H groups in total. The molecule has 1 fully saturated rings. The number of ketones is 1. The lowest BCUT2D eigenvalue weighted by molar-refractivity contribution is -0.122. The van der Waals surface area contributed by atoms with Crippen LogP contribution in [-0.4, -0.2) is 12.3 Å². The van der Waals surface area contributed by atoms with E-state index >= 15 is 0 Å². The van der Waals surface area contributed by atoms with Gasteiger partial charge < -0.3 is 5.73 Å². The predicted octanol–water partition coefficient (Wildman–Crippen LogP) is 1.37. The van der Waals surface area contributed by atoms with E-state index in [1.54, 1.807) is 0 Å². The van der Waals surface area contributed by atoms with Crippen LogP contribution < -0.4 is 5.73 Å². The van der Waals surface area contributed by atoms with Gasteiger partial charge in [-0.05, 0) is 24.8 Å². The number of hydrogen-bond donors (Lipinski definition) is 1. The summed E-state index contributed by atoms with van der Waals surface area (Å²) in [6.07, 6.45) is 2.52. The summed E-state index contributed by atoms with van der Waals surface area (Å²) in [6, 6.07) is 0. The van der Waals surface area contributed by atoms with Crippen LogP contribution in [0.2, 0.25) is 0 Å². The summed E-state index contributed by atoms with van der Waals surface area (Å²) in [5, 5.41) is 0. The number of carbonyl (C=O) groups excluding carboxylic acids is 1. The van der Waals surface area contributed by atoms with Gasteiger partial charge in [0.1, 0.15) is 5.78 Å². The molecular weight excluding hydrogens is 162 g/mol. The molecule has 0 saturated heterocycles. The maximum atomic E-state index is 10.9. The molecule has 2 atom stereocenters. The van der Waals surface area contributed by atoms with E-state index in [1.807, 2.05) is 0 Å². The van der Waals surface area contributed by atoms with Crippen LogP contribution in [0.5, 0.6) is 0 Å². The van der Waals surface area contributed by atoms with Crippen LogP contribution in [0.15, 0.2) is 0 Å². The summed E-state index contributed by atoms with van der Waals surface area (Å²) >= 11 is 0. The summed E-state index contributed by atoms with van der Waals surface area (Å²) in [5.41, 5.74) is 5.53. The van der Waals surface area contributed by atoms with Gasteiger partial charge in [-0.1, -0.05) is 6.92 Å². The summed E-state index contributed by atoms with van der Waals surface area (Å²) in [4.78, 5) is 10.9. The van der Waals surface area contributed by atoms with Gasteiger partial charge in [0, 0.05) is 12.8 Å². The fraction of sp³-hybridized carbons (Fsp3) is 0.875. The Labute approximate surface area is 73.9 Å². The largest absolute Gasteiger partial charge is 0.330 e. The number of Topliss-reactive ketones (excluding diaryl/α,β-unsaturated/α-hetero) is 1. The van der Waals surface area contributed by atoms with Gasteiger partial charge in [0.2, 0.25) is 0 Å². The summed E-state index contributed by atoms with van der Waals surface area (Å²) in [6.45, 7) is 2.86. The van der Waals surface area contributed by atoms with E-state index < -0.39 is 0 Å². The Hall–Kier alpha value is -0.0800. The molecule has 0 radical (unpaired) electrons. The number of carbonyl (C=O) groups is 1.